The van der Waals surface area contributed by atoms with Gasteiger partial charge in [-0.2, -0.15) is 5.26 Å². The number of imidazole rings is 1. The number of carbonyl (C=O) groups is 1. The molecule has 17 heteroatoms. The van der Waals surface area contributed by atoms with Crippen LogP contribution in [0.1, 0.15) is 51.4 Å². The molecule has 3 atom stereocenters. The van der Waals surface area contributed by atoms with E-state index in [1.54, 1.807) is 0 Å². The Kier molecular flexibility index (Phi) is 7.78. The second-order valence-electron chi connectivity index (χ2n) is 12.7. The molecule has 7 N–H and O–H groups in total. The average molecular weight is 706 g/mol. The van der Waals surface area contributed by atoms with Crippen molar-refractivity contribution in [2.75, 3.05) is 6.67 Å². The number of aromatic carboxylic acids is 1. The highest BCUT2D eigenvalue weighted by Gasteiger charge is 2.69. The molecule has 1 fully saturated rings. The Bertz CT molecular complexity index is 2210. The Morgan fingerprint density at radius 3 is 2.53 bits per heavy atom. The molecule has 0 radical (unpaired) electrons. The second-order valence-corrected chi connectivity index (χ2v) is 12.7. The molecule has 2 aromatic carbocycles. The number of rotatable bonds is 9. The van der Waals surface area contributed by atoms with E-state index >= 15 is 0 Å². The molecular formula is C34H29F2N5O10. The molecule has 51 heavy (non-hydrogen) atoms. The smallest absolute Gasteiger partial charge is 0.335 e. The van der Waals surface area contributed by atoms with Crippen molar-refractivity contribution in [3.05, 3.63) is 106 Å². The Hall–Kier alpha value is -5.96. The van der Waals surface area contributed by atoms with Crippen LogP contribution in [0.3, 0.4) is 0 Å². The first-order valence-electron chi connectivity index (χ1n) is 15.5. The van der Waals surface area contributed by atoms with Crippen molar-refractivity contribution in [2.45, 2.75) is 50.2 Å². The summed E-state index contributed by atoms with van der Waals surface area (Å²) in [6, 6.07) is 12.0. The van der Waals surface area contributed by atoms with Crippen LogP contribution in [0.5, 0.6) is 5.88 Å². The van der Waals surface area contributed by atoms with Gasteiger partial charge in [-0.15, -0.1) is 0 Å². The van der Waals surface area contributed by atoms with Gasteiger partial charge in [-0.25, -0.2) is 19.2 Å². The van der Waals surface area contributed by atoms with Gasteiger partial charge in [-0.3, -0.25) is 4.39 Å². The van der Waals surface area contributed by atoms with E-state index in [-0.39, 0.29) is 40.5 Å². The molecular weight excluding hydrogens is 676 g/mol. The predicted octanol–water partition coefficient (Wildman–Crippen LogP) is 3.35. The molecule has 4 heterocycles. The van der Waals surface area contributed by atoms with Crippen LogP contribution in [0.15, 0.2) is 66.4 Å². The molecule has 1 aliphatic carbocycles. The fraction of sp³-hybridized carbons (Fsp3) is 0.294. The van der Waals surface area contributed by atoms with Crippen LogP contribution in [0.2, 0.25) is 0 Å². The summed E-state index contributed by atoms with van der Waals surface area (Å²) in [4.78, 5) is 21.0. The number of hydrogen-bond donors (Lipinski definition) is 7. The van der Waals surface area contributed by atoms with Crippen LogP contribution in [-0.4, -0.2) is 79.8 Å². The molecule has 2 aliphatic heterocycles. The summed E-state index contributed by atoms with van der Waals surface area (Å²) < 4.78 is 41.0. The van der Waals surface area contributed by atoms with Gasteiger partial charge in [0.25, 0.3) is 5.79 Å². The van der Waals surface area contributed by atoms with Gasteiger partial charge in [0.2, 0.25) is 23.6 Å². The van der Waals surface area contributed by atoms with Gasteiger partial charge in [0.1, 0.15) is 30.2 Å². The Labute approximate surface area is 286 Å². The standard InChI is InChI=1S/C34H29F2N5O10/c35-15-32(7-8-32)16-41-23-10-18(30(45)46)3-5-22(23)38-25(41)12-40-29(44)28(43)33(48)27-20(24(42)14-51-34(33,49)31(40)47)4-6-26(39-27)50-13-19-2-1-17(11-37)9-21(19)36/h1-6,9-10,14,31,42-44,47-49H,7-8,12-13,15-16H2,(H,45,46)/t31?,33-,34+/m1/s1. The Morgan fingerprint density at radius 1 is 1.10 bits per heavy atom. The van der Waals surface area contributed by atoms with E-state index in [4.69, 9.17) is 14.7 Å². The van der Waals surface area contributed by atoms with Crippen LogP contribution in [0, 0.1) is 22.6 Å². The van der Waals surface area contributed by atoms with E-state index in [1.807, 2.05) is 6.07 Å². The van der Waals surface area contributed by atoms with Crippen molar-refractivity contribution in [2.24, 2.45) is 5.41 Å². The zero-order chi connectivity index (χ0) is 36.5. The van der Waals surface area contributed by atoms with E-state index in [0.717, 1.165) is 6.07 Å². The van der Waals surface area contributed by atoms with Gasteiger partial charge in [-0.05, 0) is 49.2 Å². The van der Waals surface area contributed by atoms with Gasteiger partial charge in [0.05, 0.1) is 41.4 Å². The summed E-state index contributed by atoms with van der Waals surface area (Å²) in [5, 5.41) is 87.7. The van der Waals surface area contributed by atoms with Crippen LogP contribution in [0.25, 0.3) is 16.8 Å². The van der Waals surface area contributed by atoms with E-state index in [2.05, 4.69) is 9.97 Å². The number of benzene rings is 2. The molecule has 15 nitrogen and oxygen atoms in total. The number of alkyl halides is 1. The van der Waals surface area contributed by atoms with Gasteiger partial charge in [0, 0.05) is 29.2 Å². The van der Waals surface area contributed by atoms with Gasteiger partial charge < -0.3 is 54.7 Å². The maximum atomic E-state index is 14.5. The molecule has 2 aromatic heterocycles. The van der Waals surface area contributed by atoms with Crippen molar-refractivity contribution in [3.63, 3.8) is 0 Å². The third-order valence-corrected chi connectivity index (χ3v) is 9.51. The number of halogens is 2. The lowest BCUT2D eigenvalue weighted by molar-refractivity contribution is -0.356. The molecule has 1 saturated carbocycles. The maximum absolute atomic E-state index is 14.5. The lowest BCUT2D eigenvalue weighted by atomic mass is 9.80. The Morgan fingerprint density at radius 2 is 1.86 bits per heavy atom. The number of fused-ring (bicyclic) bond motifs is 4. The molecule has 0 saturated heterocycles. The lowest BCUT2D eigenvalue weighted by Gasteiger charge is -2.49. The highest BCUT2D eigenvalue weighted by atomic mass is 19.1. The topological polar surface area (TPSA) is 235 Å². The van der Waals surface area contributed by atoms with E-state index in [9.17, 15) is 49.3 Å². The van der Waals surface area contributed by atoms with Crippen molar-refractivity contribution in [1.82, 2.24) is 19.4 Å². The van der Waals surface area contributed by atoms with Crippen molar-refractivity contribution < 1.29 is 58.8 Å². The number of ether oxygens (including phenoxy) is 2. The van der Waals surface area contributed by atoms with E-state index < -0.39 is 77.7 Å². The van der Waals surface area contributed by atoms with Crippen LogP contribution < -0.4 is 4.74 Å². The zero-order valence-electron chi connectivity index (χ0n) is 26.4. The third-order valence-electron chi connectivity index (χ3n) is 9.51. The molecule has 0 amide bonds. The van der Waals surface area contributed by atoms with Gasteiger partial charge in [0.15, 0.2) is 11.5 Å². The number of carboxylic acids is 1. The number of nitriles is 1. The third kappa shape index (κ3) is 5.23. The summed E-state index contributed by atoms with van der Waals surface area (Å²) >= 11 is 0. The zero-order valence-corrected chi connectivity index (χ0v) is 26.4. The molecule has 1 unspecified atom stereocenters. The monoisotopic (exact) mass is 705 g/mol. The maximum Gasteiger partial charge on any atom is 0.335 e. The number of nitrogens with zero attached hydrogens (tertiary/aromatic N) is 5. The van der Waals surface area contributed by atoms with Crippen molar-refractivity contribution in [1.29, 1.82) is 5.26 Å². The van der Waals surface area contributed by atoms with Crippen LogP contribution in [0.4, 0.5) is 8.78 Å². The number of pyridine rings is 1. The molecule has 4 aromatic rings. The normalized spacial score (nSPS) is 23.4. The fourth-order valence-electron chi connectivity index (χ4n) is 6.27. The summed E-state index contributed by atoms with van der Waals surface area (Å²) in [7, 11) is 0. The highest BCUT2D eigenvalue weighted by Crippen LogP contribution is 2.51. The molecule has 0 bridgehead atoms. The molecule has 264 valence electrons. The van der Waals surface area contributed by atoms with Crippen molar-refractivity contribution in [3.8, 4) is 11.9 Å². The van der Waals surface area contributed by atoms with Gasteiger partial charge >= 0.3 is 5.97 Å². The SMILES string of the molecule is N#Cc1ccc(COc2ccc3c(n2)[C@@]2(O)C(O)=C(O)N(Cc4nc5ccc(C(=O)O)cc5n4CC4(CF)CC4)C(O)[C@]2(O)OC=C3O)c(F)c1. The summed E-state index contributed by atoms with van der Waals surface area (Å²) in [5.74, 6) is -8.81. The minimum absolute atomic E-state index is 0.0282. The molecule has 3 aliphatic rings. The average Bonchev–Trinajstić information content (AvgIpc) is 3.85. The van der Waals surface area contributed by atoms with E-state index in [0.29, 0.717) is 35.0 Å². The minimum atomic E-state index is -3.31. The van der Waals surface area contributed by atoms with Crippen LogP contribution in [-0.2, 0) is 30.0 Å². The van der Waals surface area contributed by atoms with E-state index in [1.165, 1.54) is 47.0 Å². The quantitative estimate of drug-likeness (QED) is 0.132. The first-order valence-corrected chi connectivity index (χ1v) is 15.5. The predicted molar refractivity (Wildman–Crippen MR) is 168 cm³/mol. The second kappa shape index (κ2) is 11.8. The first kappa shape index (κ1) is 33.5. The highest BCUT2D eigenvalue weighted by molar-refractivity contribution is 5.92. The number of aromatic nitrogens is 3. The van der Waals surface area contributed by atoms with Crippen molar-refractivity contribution >= 4 is 22.8 Å². The number of aliphatic hydroxyl groups excluding tert-OH is 4. The number of aliphatic hydroxyl groups is 6. The summed E-state index contributed by atoms with van der Waals surface area (Å²) in [6.07, 6.45) is -0.776. The minimum Gasteiger partial charge on any atom is -0.504 e. The fourth-order valence-corrected chi connectivity index (χ4v) is 6.27. The first-order chi connectivity index (χ1) is 24.2. The summed E-state index contributed by atoms with van der Waals surface area (Å²) in [6.45, 7) is -1.66. The largest absolute Gasteiger partial charge is 0.504 e. The van der Waals surface area contributed by atoms with Crippen LogP contribution >= 0.6 is 0 Å². The lowest BCUT2D eigenvalue weighted by Crippen LogP contribution is -2.69. The number of hydrogen-bond acceptors (Lipinski definition) is 13. The number of carboxylic acid groups (broad SMARTS) is 1. The Balaban J connectivity index is 1.29. The molecule has 0 spiro atoms. The summed E-state index contributed by atoms with van der Waals surface area (Å²) in [5.41, 5.74) is -4.46. The van der Waals surface area contributed by atoms with Gasteiger partial charge in [-0.1, -0.05) is 6.07 Å². The molecule has 7 rings (SSSR count).